The van der Waals surface area contributed by atoms with E-state index >= 15 is 0 Å². The monoisotopic (exact) mass is 251 g/mol. The van der Waals surface area contributed by atoms with Gasteiger partial charge in [0.2, 0.25) is 10.0 Å². The Balaban J connectivity index is 2.07. The van der Waals surface area contributed by atoms with Crippen LogP contribution in [0, 0.1) is 0 Å². The number of benzene rings is 1. The standard InChI is InChI=1S/C11H13N3O2S/c15-17(16,14-5-1-2-6-14)9-3-4-10-11(7-9)13-8-12-10/h3-4,7-8H,1-2,5-6H2,(H,12,13). The van der Waals surface area contributed by atoms with Crippen LogP contribution in [-0.2, 0) is 10.0 Å². The van der Waals surface area contributed by atoms with Gasteiger partial charge in [0.25, 0.3) is 0 Å². The third-order valence-electron chi connectivity index (χ3n) is 3.09. The van der Waals surface area contributed by atoms with Crippen LogP contribution in [0.1, 0.15) is 12.8 Å². The molecule has 0 spiro atoms. The van der Waals surface area contributed by atoms with E-state index in [0.29, 0.717) is 18.0 Å². The summed E-state index contributed by atoms with van der Waals surface area (Å²) in [5.74, 6) is 0. The molecule has 0 aliphatic carbocycles. The van der Waals surface area contributed by atoms with Crippen molar-refractivity contribution in [3.05, 3.63) is 24.5 Å². The SMILES string of the molecule is O=S(=O)(c1ccc2nc[nH]c2c1)N1CCCC1. The van der Waals surface area contributed by atoms with Crippen LogP contribution in [0.4, 0.5) is 0 Å². The number of nitrogens with zero attached hydrogens (tertiary/aromatic N) is 2. The first kappa shape index (κ1) is 10.7. The number of sulfonamides is 1. The van der Waals surface area contributed by atoms with Gasteiger partial charge in [0.15, 0.2) is 0 Å². The topological polar surface area (TPSA) is 66.1 Å². The van der Waals surface area contributed by atoms with E-state index < -0.39 is 10.0 Å². The fraction of sp³-hybridized carbons (Fsp3) is 0.364. The number of fused-ring (bicyclic) bond motifs is 1. The highest BCUT2D eigenvalue weighted by molar-refractivity contribution is 7.89. The molecule has 6 heteroatoms. The maximum absolute atomic E-state index is 12.3. The minimum absolute atomic E-state index is 0.344. The molecule has 1 aliphatic rings. The molecule has 1 aliphatic heterocycles. The molecule has 1 aromatic carbocycles. The third-order valence-corrected chi connectivity index (χ3v) is 4.99. The number of imidazole rings is 1. The molecular weight excluding hydrogens is 238 g/mol. The molecule has 1 aromatic heterocycles. The summed E-state index contributed by atoms with van der Waals surface area (Å²) >= 11 is 0. The number of aromatic amines is 1. The van der Waals surface area contributed by atoms with Gasteiger partial charge in [0.1, 0.15) is 0 Å². The van der Waals surface area contributed by atoms with Crippen LogP contribution in [0.3, 0.4) is 0 Å². The first-order chi connectivity index (χ1) is 8.18. The van der Waals surface area contributed by atoms with Crippen molar-refractivity contribution in [1.82, 2.24) is 14.3 Å². The molecule has 0 atom stereocenters. The predicted octanol–water partition coefficient (Wildman–Crippen LogP) is 1.35. The molecule has 0 radical (unpaired) electrons. The van der Waals surface area contributed by atoms with E-state index in [4.69, 9.17) is 0 Å². The molecule has 3 rings (SSSR count). The molecule has 2 aromatic rings. The van der Waals surface area contributed by atoms with E-state index in [2.05, 4.69) is 9.97 Å². The van der Waals surface area contributed by atoms with E-state index in [1.54, 1.807) is 28.8 Å². The summed E-state index contributed by atoms with van der Waals surface area (Å²) in [4.78, 5) is 7.35. The number of aromatic nitrogens is 2. The van der Waals surface area contributed by atoms with Crippen LogP contribution in [0.5, 0.6) is 0 Å². The summed E-state index contributed by atoms with van der Waals surface area (Å²) < 4.78 is 26.1. The normalized spacial score (nSPS) is 17.9. The Morgan fingerprint density at radius 2 is 2.00 bits per heavy atom. The molecule has 2 heterocycles. The van der Waals surface area contributed by atoms with Gasteiger partial charge in [-0.25, -0.2) is 13.4 Å². The van der Waals surface area contributed by atoms with Crippen molar-refractivity contribution in [1.29, 1.82) is 0 Å². The van der Waals surface area contributed by atoms with Crippen LogP contribution in [0.25, 0.3) is 11.0 Å². The van der Waals surface area contributed by atoms with Crippen molar-refractivity contribution in [2.75, 3.05) is 13.1 Å². The van der Waals surface area contributed by atoms with E-state index in [1.165, 1.54) is 0 Å². The first-order valence-electron chi connectivity index (χ1n) is 5.61. The Morgan fingerprint density at radius 1 is 1.24 bits per heavy atom. The average molecular weight is 251 g/mol. The lowest BCUT2D eigenvalue weighted by Crippen LogP contribution is -2.27. The molecular formula is C11H13N3O2S. The Kier molecular flexibility index (Phi) is 2.41. The Morgan fingerprint density at radius 3 is 2.76 bits per heavy atom. The van der Waals surface area contributed by atoms with E-state index in [1.807, 2.05) is 0 Å². The molecule has 90 valence electrons. The quantitative estimate of drug-likeness (QED) is 0.876. The van der Waals surface area contributed by atoms with Gasteiger partial charge in [-0.05, 0) is 31.0 Å². The lowest BCUT2D eigenvalue weighted by Gasteiger charge is -2.15. The maximum atomic E-state index is 12.3. The van der Waals surface area contributed by atoms with Gasteiger partial charge >= 0.3 is 0 Å². The molecule has 0 amide bonds. The van der Waals surface area contributed by atoms with Crippen molar-refractivity contribution in [3.8, 4) is 0 Å². The molecule has 0 saturated carbocycles. The third kappa shape index (κ3) is 1.73. The van der Waals surface area contributed by atoms with Crippen LogP contribution < -0.4 is 0 Å². The molecule has 0 bridgehead atoms. The molecule has 1 fully saturated rings. The highest BCUT2D eigenvalue weighted by Gasteiger charge is 2.27. The van der Waals surface area contributed by atoms with E-state index in [-0.39, 0.29) is 0 Å². The second kappa shape index (κ2) is 3.82. The maximum Gasteiger partial charge on any atom is 0.243 e. The number of hydrogen-bond donors (Lipinski definition) is 1. The smallest absolute Gasteiger partial charge is 0.243 e. The summed E-state index contributed by atoms with van der Waals surface area (Å²) in [6.07, 6.45) is 3.47. The van der Waals surface area contributed by atoms with Gasteiger partial charge in [-0.3, -0.25) is 0 Å². The lowest BCUT2D eigenvalue weighted by molar-refractivity contribution is 0.477. The van der Waals surface area contributed by atoms with Gasteiger partial charge in [0.05, 0.1) is 22.3 Å². The summed E-state index contributed by atoms with van der Waals surface area (Å²) in [5, 5.41) is 0. The van der Waals surface area contributed by atoms with Crippen molar-refractivity contribution in [2.45, 2.75) is 17.7 Å². The summed E-state index contributed by atoms with van der Waals surface area (Å²) in [6.45, 7) is 1.26. The average Bonchev–Trinajstić information content (AvgIpc) is 2.99. The van der Waals surface area contributed by atoms with Gasteiger partial charge < -0.3 is 4.98 Å². The van der Waals surface area contributed by atoms with Crippen molar-refractivity contribution < 1.29 is 8.42 Å². The Bertz CT molecular complexity index is 642. The zero-order valence-corrected chi connectivity index (χ0v) is 10.1. The molecule has 0 unspecified atom stereocenters. The van der Waals surface area contributed by atoms with Crippen LogP contribution in [0.15, 0.2) is 29.4 Å². The largest absolute Gasteiger partial charge is 0.345 e. The summed E-state index contributed by atoms with van der Waals surface area (Å²) in [7, 11) is -3.32. The number of H-pyrrole nitrogens is 1. The molecule has 5 nitrogen and oxygen atoms in total. The second-order valence-corrected chi connectivity index (χ2v) is 6.13. The van der Waals surface area contributed by atoms with Gasteiger partial charge in [-0.1, -0.05) is 0 Å². The summed E-state index contributed by atoms with van der Waals surface area (Å²) in [5.41, 5.74) is 1.54. The minimum atomic E-state index is -3.32. The van der Waals surface area contributed by atoms with Crippen LogP contribution >= 0.6 is 0 Å². The number of rotatable bonds is 2. The zero-order valence-electron chi connectivity index (χ0n) is 9.26. The van der Waals surface area contributed by atoms with E-state index in [9.17, 15) is 8.42 Å². The minimum Gasteiger partial charge on any atom is -0.345 e. The van der Waals surface area contributed by atoms with Gasteiger partial charge in [-0.15, -0.1) is 0 Å². The van der Waals surface area contributed by atoms with Crippen molar-refractivity contribution >= 4 is 21.1 Å². The highest BCUT2D eigenvalue weighted by atomic mass is 32.2. The molecule has 1 N–H and O–H groups in total. The fourth-order valence-corrected chi connectivity index (χ4v) is 3.70. The number of hydrogen-bond acceptors (Lipinski definition) is 3. The molecule has 1 saturated heterocycles. The van der Waals surface area contributed by atoms with Crippen molar-refractivity contribution in [2.24, 2.45) is 0 Å². The Labute approximate surface area is 99.5 Å². The fourth-order valence-electron chi connectivity index (χ4n) is 2.15. The first-order valence-corrected chi connectivity index (χ1v) is 7.05. The zero-order chi connectivity index (χ0) is 11.9. The summed E-state index contributed by atoms with van der Waals surface area (Å²) in [6, 6.07) is 5.00. The second-order valence-electron chi connectivity index (χ2n) is 4.19. The van der Waals surface area contributed by atoms with Gasteiger partial charge in [0, 0.05) is 13.1 Å². The predicted molar refractivity (Wildman–Crippen MR) is 64.1 cm³/mol. The lowest BCUT2D eigenvalue weighted by atomic mass is 10.3. The van der Waals surface area contributed by atoms with Crippen LogP contribution in [0.2, 0.25) is 0 Å². The molecule has 17 heavy (non-hydrogen) atoms. The van der Waals surface area contributed by atoms with Crippen LogP contribution in [-0.4, -0.2) is 35.8 Å². The van der Waals surface area contributed by atoms with Crippen molar-refractivity contribution in [3.63, 3.8) is 0 Å². The Hall–Kier alpha value is -1.40. The van der Waals surface area contributed by atoms with Gasteiger partial charge in [-0.2, -0.15) is 4.31 Å². The number of nitrogens with one attached hydrogen (secondary N) is 1. The highest BCUT2D eigenvalue weighted by Crippen LogP contribution is 2.22. The van der Waals surface area contributed by atoms with E-state index in [0.717, 1.165) is 23.9 Å².